The van der Waals surface area contributed by atoms with Gasteiger partial charge >= 0.3 is 0 Å². The van der Waals surface area contributed by atoms with Gasteiger partial charge in [0.05, 0.1) is 16.1 Å². The molecule has 3 heteroatoms. The van der Waals surface area contributed by atoms with Crippen LogP contribution in [0, 0.1) is 0 Å². The van der Waals surface area contributed by atoms with Crippen LogP contribution in [0.3, 0.4) is 0 Å². The first kappa shape index (κ1) is 31.6. The van der Waals surface area contributed by atoms with E-state index < -0.39 is 0 Å². The molecule has 0 N–H and O–H groups in total. The van der Waals surface area contributed by atoms with Crippen LogP contribution in [-0.2, 0) is 0 Å². The van der Waals surface area contributed by atoms with Gasteiger partial charge in [0.15, 0.2) is 0 Å². The number of nitrogens with zero attached hydrogens (tertiary/aromatic N) is 1. The van der Waals surface area contributed by atoms with Gasteiger partial charge in [0.1, 0.15) is 11.2 Å². The molecule has 0 atom stereocenters. The van der Waals surface area contributed by atoms with E-state index in [2.05, 4.69) is 193 Å². The van der Waals surface area contributed by atoms with Gasteiger partial charge in [0.2, 0.25) is 0 Å². The summed E-state index contributed by atoms with van der Waals surface area (Å²) >= 11 is 1.86. The normalized spacial score (nSPS) is 11.6. The van der Waals surface area contributed by atoms with Crippen LogP contribution in [-0.4, -0.2) is 0 Å². The van der Waals surface area contributed by atoms with E-state index in [-0.39, 0.29) is 0 Å². The molecule has 11 rings (SSSR count). The molecule has 0 saturated carbocycles. The molecule has 0 fully saturated rings. The van der Waals surface area contributed by atoms with Crippen LogP contribution in [0.15, 0.2) is 205 Å². The van der Waals surface area contributed by atoms with Crippen LogP contribution in [0.1, 0.15) is 0 Å². The molecule has 0 aliphatic rings. The lowest BCUT2D eigenvalue weighted by atomic mass is 9.90. The van der Waals surface area contributed by atoms with Gasteiger partial charge in [-0.05, 0) is 81.1 Å². The van der Waals surface area contributed by atoms with E-state index in [1.807, 2.05) is 23.5 Å². The topological polar surface area (TPSA) is 16.4 Å². The molecule has 0 saturated heterocycles. The molecule has 9 aromatic carbocycles. The summed E-state index contributed by atoms with van der Waals surface area (Å²) in [5.74, 6) is 0. The van der Waals surface area contributed by atoms with Crippen LogP contribution in [0.25, 0.3) is 86.3 Å². The first-order valence-corrected chi connectivity index (χ1v) is 19.5. The molecule has 11 aromatic rings. The number of rotatable bonds is 6. The average molecular weight is 720 g/mol. The maximum Gasteiger partial charge on any atom is 0.136 e. The highest BCUT2D eigenvalue weighted by Crippen LogP contribution is 2.49. The van der Waals surface area contributed by atoms with E-state index in [0.29, 0.717) is 0 Å². The van der Waals surface area contributed by atoms with Gasteiger partial charge in [-0.15, -0.1) is 11.3 Å². The van der Waals surface area contributed by atoms with Gasteiger partial charge in [0, 0.05) is 37.5 Å². The molecule has 0 bridgehead atoms. The Morgan fingerprint density at radius 2 is 0.945 bits per heavy atom. The summed E-state index contributed by atoms with van der Waals surface area (Å²) in [6, 6.07) is 72.2. The predicted octanol–water partition coefficient (Wildman–Crippen LogP) is 15.6. The first-order valence-electron chi connectivity index (χ1n) is 18.7. The Morgan fingerprint density at radius 3 is 1.80 bits per heavy atom. The molecule has 2 aromatic heterocycles. The smallest absolute Gasteiger partial charge is 0.136 e. The zero-order valence-corrected chi connectivity index (χ0v) is 30.6. The summed E-state index contributed by atoms with van der Waals surface area (Å²) < 4.78 is 8.82. The van der Waals surface area contributed by atoms with E-state index in [0.717, 1.165) is 50.1 Å². The number of benzene rings is 9. The van der Waals surface area contributed by atoms with Crippen molar-refractivity contribution in [3.63, 3.8) is 0 Å². The van der Waals surface area contributed by atoms with E-state index in [9.17, 15) is 0 Å². The molecule has 0 spiro atoms. The Hall–Kier alpha value is -6.94. The standard InChI is InChI=1S/C52H33NOS/c1-2-14-34(15-3-1)38-21-10-16-36-17-11-23-42(50(36)38)40-18-4-7-25-45(40)53(46-26-12-24-43-41-19-6-9-29-49(41)55-52(43)46)37-32-30-35(31-33-37)39-22-13-28-48-51(39)44-20-5-8-27-47(44)54-48/h1-33H. The monoisotopic (exact) mass is 719 g/mol. The van der Waals surface area contributed by atoms with Crippen LogP contribution < -0.4 is 4.90 Å². The van der Waals surface area contributed by atoms with E-state index in [1.54, 1.807) is 0 Å². The highest BCUT2D eigenvalue weighted by molar-refractivity contribution is 7.26. The van der Waals surface area contributed by atoms with Gasteiger partial charge in [0.25, 0.3) is 0 Å². The summed E-state index contributed by atoms with van der Waals surface area (Å²) in [7, 11) is 0. The number of hydrogen-bond acceptors (Lipinski definition) is 3. The second-order valence-corrected chi connectivity index (χ2v) is 15.1. The summed E-state index contributed by atoms with van der Waals surface area (Å²) in [6.45, 7) is 0. The Bertz CT molecular complexity index is 3200. The van der Waals surface area contributed by atoms with Crippen LogP contribution in [0.5, 0.6) is 0 Å². The van der Waals surface area contributed by atoms with Crippen molar-refractivity contribution in [1.82, 2.24) is 0 Å². The highest BCUT2D eigenvalue weighted by atomic mass is 32.1. The Kier molecular flexibility index (Phi) is 7.39. The molecule has 0 aliphatic carbocycles. The SMILES string of the molecule is c1ccc(-c2cccc3cccc(-c4ccccc4N(c4ccc(-c5cccc6oc7ccccc7c56)cc4)c4cccc5c4sc4ccccc45)c23)cc1. The van der Waals surface area contributed by atoms with Gasteiger partial charge < -0.3 is 9.32 Å². The van der Waals surface area contributed by atoms with E-state index >= 15 is 0 Å². The molecule has 2 heterocycles. The third-order valence-corrected chi connectivity index (χ3v) is 12.1. The maximum atomic E-state index is 6.27. The first-order chi connectivity index (χ1) is 27.3. The number of thiophene rings is 1. The van der Waals surface area contributed by atoms with Crippen LogP contribution >= 0.6 is 11.3 Å². The van der Waals surface area contributed by atoms with Crippen molar-refractivity contribution in [1.29, 1.82) is 0 Å². The third kappa shape index (κ3) is 5.16. The maximum absolute atomic E-state index is 6.27. The van der Waals surface area contributed by atoms with E-state index in [1.165, 1.54) is 53.2 Å². The number of para-hydroxylation sites is 2. The largest absolute Gasteiger partial charge is 0.456 e. The van der Waals surface area contributed by atoms with Crippen LogP contribution in [0.4, 0.5) is 17.1 Å². The summed E-state index contributed by atoms with van der Waals surface area (Å²) in [5.41, 5.74) is 12.3. The van der Waals surface area contributed by atoms with Crippen molar-refractivity contribution in [3.8, 4) is 33.4 Å². The van der Waals surface area contributed by atoms with Crippen molar-refractivity contribution in [3.05, 3.63) is 200 Å². The van der Waals surface area contributed by atoms with Crippen molar-refractivity contribution >= 4 is 81.3 Å². The summed E-state index contributed by atoms with van der Waals surface area (Å²) in [4.78, 5) is 2.47. The Morgan fingerprint density at radius 1 is 0.364 bits per heavy atom. The van der Waals surface area contributed by atoms with Gasteiger partial charge in [-0.3, -0.25) is 0 Å². The molecule has 0 unspecified atom stereocenters. The Balaban J connectivity index is 1.15. The zero-order valence-electron chi connectivity index (χ0n) is 29.8. The number of hydrogen-bond donors (Lipinski definition) is 0. The fourth-order valence-corrected chi connectivity index (χ4v) is 9.65. The Labute approximate surface area is 322 Å². The third-order valence-electron chi connectivity index (χ3n) is 10.9. The van der Waals surface area contributed by atoms with Crippen molar-refractivity contribution in [2.75, 3.05) is 4.90 Å². The minimum atomic E-state index is 0.903. The molecular weight excluding hydrogens is 687 g/mol. The summed E-state index contributed by atoms with van der Waals surface area (Å²) in [6.07, 6.45) is 0. The number of furan rings is 1. The second kappa shape index (κ2) is 12.9. The highest BCUT2D eigenvalue weighted by Gasteiger charge is 2.23. The summed E-state index contributed by atoms with van der Waals surface area (Å²) in [5, 5.41) is 7.31. The average Bonchev–Trinajstić information content (AvgIpc) is 3.83. The predicted molar refractivity (Wildman–Crippen MR) is 235 cm³/mol. The molecule has 0 aliphatic heterocycles. The minimum Gasteiger partial charge on any atom is -0.456 e. The molecular formula is C52H33NOS. The van der Waals surface area contributed by atoms with Crippen molar-refractivity contribution in [2.24, 2.45) is 0 Å². The molecule has 0 amide bonds. The zero-order chi connectivity index (χ0) is 36.3. The van der Waals surface area contributed by atoms with Gasteiger partial charge in [-0.2, -0.15) is 0 Å². The quantitative estimate of drug-likeness (QED) is 0.170. The molecule has 0 radical (unpaired) electrons. The van der Waals surface area contributed by atoms with Crippen LogP contribution in [0.2, 0.25) is 0 Å². The lowest BCUT2D eigenvalue weighted by molar-refractivity contribution is 0.669. The lowest BCUT2D eigenvalue weighted by Gasteiger charge is -2.29. The fourth-order valence-electron chi connectivity index (χ4n) is 8.44. The molecule has 258 valence electrons. The number of fused-ring (bicyclic) bond motifs is 7. The van der Waals surface area contributed by atoms with Gasteiger partial charge in [-0.25, -0.2) is 0 Å². The molecule has 55 heavy (non-hydrogen) atoms. The van der Waals surface area contributed by atoms with Crippen molar-refractivity contribution < 1.29 is 4.42 Å². The van der Waals surface area contributed by atoms with Gasteiger partial charge in [-0.1, -0.05) is 158 Å². The number of anilines is 3. The lowest BCUT2D eigenvalue weighted by Crippen LogP contribution is -2.11. The van der Waals surface area contributed by atoms with E-state index in [4.69, 9.17) is 4.42 Å². The van der Waals surface area contributed by atoms with Crippen molar-refractivity contribution in [2.45, 2.75) is 0 Å². The fraction of sp³-hybridized carbons (Fsp3) is 0. The minimum absolute atomic E-state index is 0.903. The molecule has 2 nitrogen and oxygen atoms in total. The second-order valence-electron chi connectivity index (χ2n) is 14.0.